The van der Waals surface area contributed by atoms with Gasteiger partial charge in [-0.3, -0.25) is 10.1 Å². The highest BCUT2D eigenvalue weighted by molar-refractivity contribution is 7.13. The summed E-state index contributed by atoms with van der Waals surface area (Å²) in [6, 6.07) is 7.74. The van der Waals surface area contributed by atoms with Gasteiger partial charge < -0.3 is 4.52 Å². The van der Waals surface area contributed by atoms with E-state index in [1.165, 1.54) is 22.9 Å². The van der Waals surface area contributed by atoms with E-state index in [9.17, 15) is 9.18 Å². The highest BCUT2D eigenvalue weighted by atomic mass is 32.1. The number of aromatic nitrogens is 4. The Kier molecular flexibility index (Phi) is 3.69. The molecule has 0 radical (unpaired) electrons. The maximum Gasteiger partial charge on any atom is 0.259 e. The van der Waals surface area contributed by atoms with Crippen molar-refractivity contribution in [3.8, 4) is 11.3 Å². The fourth-order valence-electron chi connectivity index (χ4n) is 2.48. The van der Waals surface area contributed by atoms with Crippen LogP contribution in [0.3, 0.4) is 0 Å². The van der Waals surface area contributed by atoms with Crippen LogP contribution in [-0.2, 0) is 0 Å². The quantitative estimate of drug-likeness (QED) is 0.605. The van der Waals surface area contributed by atoms with E-state index in [-0.39, 0.29) is 22.5 Å². The third-order valence-electron chi connectivity index (χ3n) is 3.53. The van der Waals surface area contributed by atoms with E-state index in [1.807, 2.05) is 0 Å². The molecule has 0 saturated carbocycles. The average Bonchev–Trinajstić information content (AvgIpc) is 3.24. The molecule has 0 unspecified atom stereocenters. The molecule has 1 aromatic carbocycles. The molecule has 0 atom stereocenters. The molecule has 0 spiro atoms. The van der Waals surface area contributed by atoms with Gasteiger partial charge in [-0.25, -0.2) is 9.37 Å². The number of nitrogens with zero attached hydrogens (tertiary/aromatic N) is 4. The number of hydrogen-bond donors (Lipinski definition) is 1. The average molecular weight is 355 g/mol. The van der Waals surface area contributed by atoms with Crippen LogP contribution in [0.25, 0.3) is 22.4 Å². The molecule has 25 heavy (non-hydrogen) atoms. The number of amides is 1. The SMILES string of the molecule is Cc1cc(C(=O)Nc2nncs2)c2c(-c3ccccc3F)noc2n1. The lowest BCUT2D eigenvalue weighted by atomic mass is 10.0. The monoisotopic (exact) mass is 355 g/mol. The number of pyridine rings is 1. The van der Waals surface area contributed by atoms with Crippen molar-refractivity contribution in [2.45, 2.75) is 6.92 Å². The smallest absolute Gasteiger partial charge is 0.259 e. The van der Waals surface area contributed by atoms with Crippen molar-refractivity contribution >= 4 is 33.5 Å². The number of anilines is 1. The second kappa shape index (κ2) is 6.02. The number of halogens is 1. The van der Waals surface area contributed by atoms with Gasteiger partial charge >= 0.3 is 0 Å². The van der Waals surface area contributed by atoms with Crippen LogP contribution in [0.2, 0.25) is 0 Å². The minimum Gasteiger partial charge on any atom is -0.335 e. The molecule has 7 nitrogen and oxygen atoms in total. The third kappa shape index (κ3) is 2.74. The predicted octanol–water partition coefficient (Wildman–Crippen LogP) is 3.44. The summed E-state index contributed by atoms with van der Waals surface area (Å²) in [5.41, 5.74) is 2.98. The molecule has 0 saturated heterocycles. The molecule has 0 aliphatic rings. The first-order valence-corrected chi connectivity index (χ1v) is 8.11. The number of carbonyl (C=O) groups is 1. The van der Waals surface area contributed by atoms with Gasteiger partial charge in [0.2, 0.25) is 5.13 Å². The van der Waals surface area contributed by atoms with E-state index >= 15 is 0 Å². The molecule has 1 amide bonds. The third-order valence-corrected chi connectivity index (χ3v) is 4.14. The Bertz CT molecular complexity index is 1080. The van der Waals surface area contributed by atoms with E-state index in [1.54, 1.807) is 31.2 Å². The predicted molar refractivity (Wildman–Crippen MR) is 89.8 cm³/mol. The molecule has 124 valence electrons. The molecule has 4 aromatic rings. The topological polar surface area (TPSA) is 93.8 Å². The van der Waals surface area contributed by atoms with Crippen molar-refractivity contribution < 1.29 is 13.7 Å². The number of nitrogens with one attached hydrogen (secondary N) is 1. The van der Waals surface area contributed by atoms with Crippen molar-refractivity contribution in [2.75, 3.05) is 5.32 Å². The van der Waals surface area contributed by atoms with E-state index in [2.05, 4.69) is 25.7 Å². The Labute approximate surface area is 144 Å². The van der Waals surface area contributed by atoms with Crippen LogP contribution in [0, 0.1) is 12.7 Å². The molecular weight excluding hydrogens is 345 g/mol. The fourth-order valence-corrected chi connectivity index (χ4v) is 2.92. The first-order chi connectivity index (χ1) is 12.1. The Morgan fingerprint density at radius 1 is 1.32 bits per heavy atom. The molecule has 0 bridgehead atoms. The summed E-state index contributed by atoms with van der Waals surface area (Å²) in [7, 11) is 0. The lowest BCUT2D eigenvalue weighted by molar-refractivity contribution is 0.102. The van der Waals surface area contributed by atoms with Crippen LogP contribution in [0.4, 0.5) is 9.52 Å². The standard InChI is InChI=1S/C16H10FN5O2S/c1-8-6-10(14(23)20-16-21-18-7-25-16)12-13(22-24-15(12)19-8)9-4-2-3-5-11(9)17/h2-7H,1H3,(H,20,21,23). The van der Waals surface area contributed by atoms with Crippen molar-refractivity contribution in [2.24, 2.45) is 0 Å². The summed E-state index contributed by atoms with van der Waals surface area (Å²) in [5.74, 6) is -0.887. The maximum atomic E-state index is 14.2. The Hall–Kier alpha value is -3.20. The molecule has 4 rings (SSSR count). The van der Waals surface area contributed by atoms with Gasteiger partial charge in [0.05, 0.1) is 10.9 Å². The van der Waals surface area contributed by atoms with E-state index < -0.39 is 11.7 Å². The van der Waals surface area contributed by atoms with E-state index in [0.717, 1.165) is 0 Å². The highest BCUT2D eigenvalue weighted by Crippen LogP contribution is 2.32. The van der Waals surface area contributed by atoms with Gasteiger partial charge in [0.15, 0.2) is 0 Å². The van der Waals surface area contributed by atoms with Crippen molar-refractivity contribution in [3.05, 3.63) is 52.9 Å². The van der Waals surface area contributed by atoms with Crippen LogP contribution in [0.15, 0.2) is 40.4 Å². The zero-order valence-corrected chi connectivity index (χ0v) is 13.7. The van der Waals surface area contributed by atoms with Gasteiger partial charge in [0.25, 0.3) is 11.6 Å². The minimum atomic E-state index is -0.464. The fraction of sp³-hybridized carbons (Fsp3) is 0.0625. The largest absolute Gasteiger partial charge is 0.335 e. The number of benzene rings is 1. The van der Waals surface area contributed by atoms with Crippen molar-refractivity contribution in [3.63, 3.8) is 0 Å². The second-order valence-corrected chi connectivity index (χ2v) is 6.03. The first-order valence-electron chi connectivity index (χ1n) is 7.23. The summed E-state index contributed by atoms with van der Waals surface area (Å²) in [6.07, 6.45) is 0. The minimum absolute atomic E-state index is 0.167. The lowest BCUT2D eigenvalue weighted by Gasteiger charge is -2.05. The number of fused-ring (bicyclic) bond motifs is 1. The zero-order chi connectivity index (χ0) is 17.4. The van der Waals surface area contributed by atoms with Crippen molar-refractivity contribution in [1.82, 2.24) is 20.3 Å². The van der Waals surface area contributed by atoms with Crippen LogP contribution < -0.4 is 5.32 Å². The van der Waals surface area contributed by atoms with Gasteiger partial charge in [-0.15, -0.1) is 10.2 Å². The lowest BCUT2D eigenvalue weighted by Crippen LogP contribution is -2.13. The molecule has 0 aliphatic heterocycles. The Morgan fingerprint density at radius 2 is 2.16 bits per heavy atom. The summed E-state index contributed by atoms with van der Waals surface area (Å²) in [5, 5.41) is 14.7. The number of rotatable bonds is 3. The molecule has 1 N–H and O–H groups in total. The van der Waals surface area contributed by atoms with Crippen molar-refractivity contribution in [1.29, 1.82) is 0 Å². The van der Waals surface area contributed by atoms with Gasteiger partial charge in [0.1, 0.15) is 17.0 Å². The van der Waals surface area contributed by atoms with Crippen LogP contribution in [-0.4, -0.2) is 26.2 Å². The highest BCUT2D eigenvalue weighted by Gasteiger charge is 2.22. The van der Waals surface area contributed by atoms with Crippen LogP contribution in [0.1, 0.15) is 16.1 Å². The van der Waals surface area contributed by atoms with Crippen LogP contribution in [0.5, 0.6) is 0 Å². The first kappa shape index (κ1) is 15.3. The number of hydrogen-bond acceptors (Lipinski definition) is 7. The summed E-state index contributed by atoms with van der Waals surface area (Å²) < 4.78 is 19.4. The normalized spacial score (nSPS) is 11.0. The molecular formula is C16H10FN5O2S. The Morgan fingerprint density at radius 3 is 2.92 bits per heavy atom. The van der Waals surface area contributed by atoms with Gasteiger partial charge in [-0.2, -0.15) is 0 Å². The van der Waals surface area contributed by atoms with Gasteiger partial charge in [0, 0.05) is 11.3 Å². The van der Waals surface area contributed by atoms with E-state index in [4.69, 9.17) is 4.52 Å². The number of aryl methyl sites for hydroxylation is 1. The van der Waals surface area contributed by atoms with E-state index in [0.29, 0.717) is 16.2 Å². The summed E-state index contributed by atoms with van der Waals surface area (Å²) >= 11 is 1.19. The number of carbonyl (C=O) groups excluding carboxylic acids is 1. The van der Waals surface area contributed by atoms with Crippen LogP contribution >= 0.6 is 11.3 Å². The summed E-state index contributed by atoms with van der Waals surface area (Å²) in [6.45, 7) is 1.73. The Balaban J connectivity index is 1.90. The maximum absolute atomic E-state index is 14.2. The zero-order valence-electron chi connectivity index (χ0n) is 12.9. The molecule has 0 fully saturated rings. The van der Waals surface area contributed by atoms with Gasteiger partial charge in [-0.1, -0.05) is 28.6 Å². The molecule has 9 heteroatoms. The molecule has 3 heterocycles. The van der Waals surface area contributed by atoms with Gasteiger partial charge in [-0.05, 0) is 25.1 Å². The molecule has 3 aromatic heterocycles. The molecule has 0 aliphatic carbocycles. The second-order valence-electron chi connectivity index (χ2n) is 5.20. The summed E-state index contributed by atoms with van der Waals surface area (Å²) in [4.78, 5) is 16.9.